The molecule has 1 saturated heterocycles. The van der Waals surface area contributed by atoms with Crippen molar-refractivity contribution in [3.8, 4) is 5.75 Å². The highest BCUT2D eigenvalue weighted by molar-refractivity contribution is 6.35. The van der Waals surface area contributed by atoms with Gasteiger partial charge in [0.05, 0.1) is 11.4 Å². The Labute approximate surface area is 142 Å². The van der Waals surface area contributed by atoms with Crippen LogP contribution in [0.3, 0.4) is 0 Å². The Balaban J connectivity index is 0.00000242. The topological polar surface area (TPSA) is 35.5 Å². The Morgan fingerprint density at radius 3 is 2.32 bits per heavy atom. The summed E-state index contributed by atoms with van der Waals surface area (Å²) in [6.45, 7) is 2.11. The van der Waals surface area contributed by atoms with Crippen LogP contribution in [0.25, 0.3) is 0 Å². The highest BCUT2D eigenvalue weighted by Gasteiger charge is 2.38. The molecule has 1 aliphatic heterocycles. The average Bonchev–Trinajstić information content (AvgIpc) is 2.36. The zero-order valence-corrected chi connectivity index (χ0v) is 13.8. The second kappa shape index (κ2) is 7.93. The molecule has 1 aliphatic rings. The zero-order valence-electron chi connectivity index (χ0n) is 11.5. The van der Waals surface area contributed by atoms with Crippen molar-refractivity contribution < 1.29 is 18.3 Å². The van der Waals surface area contributed by atoms with Crippen LogP contribution in [-0.4, -0.2) is 42.4 Å². The van der Waals surface area contributed by atoms with Crippen molar-refractivity contribution in [2.75, 3.05) is 26.2 Å². The normalized spacial score (nSPS) is 17.9. The molecule has 0 saturated carbocycles. The number of phenols is 1. The van der Waals surface area contributed by atoms with Gasteiger partial charge in [0.1, 0.15) is 5.75 Å². The summed E-state index contributed by atoms with van der Waals surface area (Å²) in [5.41, 5.74) is 0.0836. The van der Waals surface area contributed by atoms with E-state index in [1.165, 1.54) is 12.1 Å². The third kappa shape index (κ3) is 5.06. The molecular weight excluding hydrogens is 364 g/mol. The van der Waals surface area contributed by atoms with Crippen molar-refractivity contribution >= 4 is 35.6 Å². The monoisotopic (exact) mass is 378 g/mol. The number of hydrogen-bond donors (Lipinski definition) is 2. The fourth-order valence-corrected chi connectivity index (χ4v) is 3.14. The first-order valence-corrected chi connectivity index (χ1v) is 7.23. The molecule has 0 radical (unpaired) electrons. The lowest BCUT2D eigenvalue weighted by atomic mass is 9.99. The van der Waals surface area contributed by atoms with Gasteiger partial charge in [0.25, 0.3) is 0 Å². The molecule has 1 fully saturated rings. The van der Waals surface area contributed by atoms with Gasteiger partial charge in [0.2, 0.25) is 0 Å². The fraction of sp³-hybridized carbons (Fsp3) is 0.538. The summed E-state index contributed by atoms with van der Waals surface area (Å²) in [7, 11) is 0. The maximum Gasteiger partial charge on any atom is 0.390 e. The number of benzene rings is 1. The lowest BCUT2D eigenvalue weighted by Crippen LogP contribution is -2.46. The molecule has 1 aromatic rings. The van der Waals surface area contributed by atoms with Crippen molar-refractivity contribution in [3.05, 3.63) is 27.7 Å². The molecule has 0 aromatic heterocycles. The molecule has 0 spiro atoms. The van der Waals surface area contributed by atoms with E-state index in [0.717, 1.165) is 0 Å². The van der Waals surface area contributed by atoms with Gasteiger partial charge in [-0.25, -0.2) is 0 Å². The van der Waals surface area contributed by atoms with Crippen molar-refractivity contribution in [1.29, 1.82) is 0 Å². The fourth-order valence-electron chi connectivity index (χ4n) is 2.53. The van der Waals surface area contributed by atoms with E-state index < -0.39 is 18.6 Å². The minimum atomic E-state index is -4.36. The van der Waals surface area contributed by atoms with Crippen LogP contribution >= 0.6 is 35.6 Å². The Morgan fingerprint density at radius 1 is 1.23 bits per heavy atom. The van der Waals surface area contributed by atoms with E-state index in [9.17, 15) is 18.3 Å². The van der Waals surface area contributed by atoms with Crippen LogP contribution in [0.2, 0.25) is 10.0 Å². The smallest absolute Gasteiger partial charge is 0.390 e. The molecule has 0 amide bonds. The molecule has 3 nitrogen and oxygen atoms in total. The molecule has 0 unspecified atom stereocenters. The molecule has 126 valence electrons. The summed E-state index contributed by atoms with van der Waals surface area (Å²) in [6.07, 6.45) is -5.42. The van der Waals surface area contributed by atoms with Crippen molar-refractivity contribution in [1.82, 2.24) is 10.2 Å². The van der Waals surface area contributed by atoms with Crippen LogP contribution in [0, 0.1) is 0 Å². The molecule has 2 rings (SSSR count). The highest BCUT2D eigenvalue weighted by Crippen LogP contribution is 2.42. The number of nitrogens with one attached hydrogen (secondary N) is 1. The molecule has 2 N–H and O–H groups in total. The van der Waals surface area contributed by atoms with Crippen molar-refractivity contribution in [2.45, 2.75) is 18.6 Å². The van der Waals surface area contributed by atoms with Crippen molar-refractivity contribution in [2.24, 2.45) is 0 Å². The number of rotatable bonds is 3. The van der Waals surface area contributed by atoms with Crippen LogP contribution in [0.1, 0.15) is 18.0 Å². The van der Waals surface area contributed by atoms with Gasteiger partial charge in [-0.1, -0.05) is 23.2 Å². The Morgan fingerprint density at radius 2 is 1.82 bits per heavy atom. The molecule has 1 heterocycles. The van der Waals surface area contributed by atoms with Crippen molar-refractivity contribution in [3.63, 3.8) is 0 Å². The quantitative estimate of drug-likeness (QED) is 0.833. The average molecular weight is 380 g/mol. The highest BCUT2D eigenvalue weighted by atomic mass is 35.5. The number of hydrogen-bond acceptors (Lipinski definition) is 3. The summed E-state index contributed by atoms with van der Waals surface area (Å²) in [5.74, 6) is -0.305. The molecular formula is C13H16Cl3F3N2O. The second-order valence-corrected chi connectivity index (χ2v) is 5.79. The SMILES string of the molecule is Cl.Oc1cc(Cl)cc(Cl)c1[C@@H](CC(F)(F)F)N1CCNCC1. The number of piperazine rings is 1. The second-order valence-electron chi connectivity index (χ2n) is 4.94. The number of halogens is 6. The van der Waals surface area contributed by atoms with Crippen LogP contribution in [0.4, 0.5) is 13.2 Å². The van der Waals surface area contributed by atoms with E-state index in [1.807, 2.05) is 0 Å². The summed E-state index contributed by atoms with van der Waals surface area (Å²) in [4.78, 5) is 1.68. The maximum atomic E-state index is 12.9. The van der Waals surface area contributed by atoms with E-state index in [0.29, 0.717) is 26.2 Å². The largest absolute Gasteiger partial charge is 0.508 e. The number of alkyl halides is 3. The first kappa shape index (κ1) is 19.6. The molecule has 0 aliphatic carbocycles. The molecule has 1 aromatic carbocycles. The van der Waals surface area contributed by atoms with E-state index in [2.05, 4.69) is 5.32 Å². The lowest BCUT2D eigenvalue weighted by molar-refractivity contribution is -0.148. The molecule has 0 bridgehead atoms. The summed E-state index contributed by atoms with van der Waals surface area (Å²) >= 11 is 11.8. The lowest BCUT2D eigenvalue weighted by Gasteiger charge is -2.36. The van der Waals surface area contributed by atoms with E-state index in [1.54, 1.807) is 4.90 Å². The minimum absolute atomic E-state index is 0. The first-order valence-electron chi connectivity index (χ1n) is 6.47. The Kier molecular flexibility index (Phi) is 7.08. The van der Waals surface area contributed by atoms with Crippen LogP contribution < -0.4 is 5.32 Å². The van der Waals surface area contributed by atoms with Gasteiger partial charge in [-0.2, -0.15) is 13.2 Å². The zero-order chi connectivity index (χ0) is 15.6. The number of aromatic hydroxyl groups is 1. The number of phenolic OH excluding ortho intramolecular Hbond substituents is 1. The predicted octanol–water partition coefficient (Wildman–Crippen LogP) is 4.02. The Bertz CT molecular complexity index is 485. The third-order valence-electron chi connectivity index (χ3n) is 3.42. The maximum absolute atomic E-state index is 12.9. The van der Waals surface area contributed by atoms with Crippen LogP contribution in [0.15, 0.2) is 12.1 Å². The van der Waals surface area contributed by atoms with Gasteiger partial charge in [-0.05, 0) is 12.1 Å². The van der Waals surface area contributed by atoms with Gasteiger partial charge in [-0.3, -0.25) is 4.90 Å². The molecule has 22 heavy (non-hydrogen) atoms. The third-order valence-corrected chi connectivity index (χ3v) is 3.95. The Hall–Kier alpha value is -0.400. The first-order chi connectivity index (χ1) is 9.78. The van der Waals surface area contributed by atoms with Crippen LogP contribution in [0.5, 0.6) is 5.75 Å². The van der Waals surface area contributed by atoms with Gasteiger partial charge < -0.3 is 10.4 Å². The molecule has 1 atom stereocenters. The summed E-state index contributed by atoms with van der Waals surface area (Å²) in [6, 6.07) is 1.55. The minimum Gasteiger partial charge on any atom is -0.508 e. The van der Waals surface area contributed by atoms with Gasteiger partial charge in [-0.15, -0.1) is 12.4 Å². The van der Waals surface area contributed by atoms with E-state index >= 15 is 0 Å². The van der Waals surface area contributed by atoms with E-state index in [-0.39, 0.29) is 33.8 Å². The summed E-state index contributed by atoms with van der Waals surface area (Å²) in [5, 5.41) is 13.3. The van der Waals surface area contributed by atoms with Gasteiger partial charge >= 0.3 is 6.18 Å². The number of nitrogens with zero attached hydrogens (tertiary/aromatic N) is 1. The molecule has 9 heteroatoms. The van der Waals surface area contributed by atoms with E-state index in [4.69, 9.17) is 23.2 Å². The summed E-state index contributed by atoms with van der Waals surface area (Å²) < 4.78 is 38.7. The predicted molar refractivity (Wildman–Crippen MR) is 83.2 cm³/mol. The van der Waals surface area contributed by atoms with Crippen LogP contribution in [-0.2, 0) is 0 Å². The standard InChI is InChI=1S/C13H15Cl2F3N2O.ClH/c14-8-5-9(15)12(11(21)6-8)10(7-13(16,17)18)20-3-1-19-2-4-20;/h5-6,10,19,21H,1-4,7H2;1H/t10-;/m1./s1. The van der Waals surface area contributed by atoms with Gasteiger partial charge in [0, 0.05) is 42.8 Å². The van der Waals surface area contributed by atoms with Gasteiger partial charge in [0.15, 0.2) is 0 Å².